The minimum absolute atomic E-state index is 0.491. The van der Waals surface area contributed by atoms with Crippen LogP contribution in [0.15, 0.2) is 0 Å². The molecule has 3 aliphatic rings. The lowest BCUT2D eigenvalue weighted by Crippen LogP contribution is -2.45. The van der Waals surface area contributed by atoms with Crippen LogP contribution in [0.4, 0.5) is 0 Å². The summed E-state index contributed by atoms with van der Waals surface area (Å²) in [6, 6.07) is 0.946. The molecule has 104 valence electrons. The van der Waals surface area contributed by atoms with Crippen LogP contribution in [-0.2, 0) is 0 Å². The van der Waals surface area contributed by atoms with Gasteiger partial charge in [-0.15, -0.1) is 0 Å². The Balaban J connectivity index is 1.56. The van der Waals surface area contributed by atoms with Crippen molar-refractivity contribution < 1.29 is 0 Å². The molecule has 2 heteroatoms. The van der Waals surface area contributed by atoms with E-state index in [1.807, 2.05) is 0 Å². The van der Waals surface area contributed by atoms with Gasteiger partial charge in [-0.1, -0.05) is 13.8 Å². The lowest BCUT2D eigenvalue weighted by molar-refractivity contribution is 0.0927. The van der Waals surface area contributed by atoms with Crippen molar-refractivity contribution in [3.63, 3.8) is 0 Å². The van der Waals surface area contributed by atoms with E-state index in [-0.39, 0.29) is 0 Å². The van der Waals surface area contributed by atoms with Crippen molar-refractivity contribution in [3.05, 3.63) is 0 Å². The molecular weight excluding hydrogens is 220 g/mol. The van der Waals surface area contributed by atoms with Crippen LogP contribution in [0.2, 0.25) is 0 Å². The summed E-state index contributed by atoms with van der Waals surface area (Å²) in [4.78, 5) is 2.84. The van der Waals surface area contributed by atoms with Crippen LogP contribution < -0.4 is 5.32 Å². The van der Waals surface area contributed by atoms with Gasteiger partial charge < -0.3 is 5.32 Å². The molecule has 2 aliphatic carbocycles. The molecule has 0 bridgehead atoms. The topological polar surface area (TPSA) is 15.3 Å². The second-order valence-corrected chi connectivity index (χ2v) is 7.64. The highest BCUT2D eigenvalue weighted by molar-refractivity contribution is 4.93. The number of piperidine rings is 1. The Hall–Kier alpha value is -0.0800. The summed E-state index contributed by atoms with van der Waals surface area (Å²) in [5.74, 6) is 1.93. The van der Waals surface area contributed by atoms with Crippen molar-refractivity contribution in [1.29, 1.82) is 0 Å². The third-order valence-electron chi connectivity index (χ3n) is 5.27. The van der Waals surface area contributed by atoms with E-state index in [0.29, 0.717) is 5.41 Å². The second-order valence-electron chi connectivity index (χ2n) is 7.64. The molecule has 1 aliphatic heterocycles. The molecule has 1 N–H and O–H groups in total. The summed E-state index contributed by atoms with van der Waals surface area (Å²) in [5.41, 5.74) is 0.491. The van der Waals surface area contributed by atoms with Gasteiger partial charge in [-0.05, 0) is 68.9 Å². The molecule has 18 heavy (non-hydrogen) atoms. The Labute approximate surface area is 113 Å². The maximum Gasteiger partial charge on any atom is 0.00967 e. The van der Waals surface area contributed by atoms with Gasteiger partial charge in [0, 0.05) is 19.1 Å². The lowest BCUT2D eigenvalue weighted by atomic mass is 9.74. The van der Waals surface area contributed by atoms with Crippen LogP contribution >= 0.6 is 0 Å². The largest absolute Gasteiger partial charge is 0.316 e. The average molecular weight is 250 g/mol. The molecule has 1 unspecified atom stereocenters. The Kier molecular flexibility index (Phi) is 3.68. The van der Waals surface area contributed by atoms with E-state index >= 15 is 0 Å². The zero-order valence-electron chi connectivity index (χ0n) is 12.3. The highest BCUT2D eigenvalue weighted by atomic mass is 15.2. The summed E-state index contributed by atoms with van der Waals surface area (Å²) < 4.78 is 0. The van der Waals surface area contributed by atoms with Gasteiger partial charge in [0.1, 0.15) is 0 Å². The summed E-state index contributed by atoms with van der Waals surface area (Å²) in [5, 5.41) is 3.59. The minimum atomic E-state index is 0.491. The van der Waals surface area contributed by atoms with Crippen molar-refractivity contribution in [1.82, 2.24) is 10.2 Å². The molecule has 3 fully saturated rings. The molecule has 1 atom stereocenters. The first kappa shape index (κ1) is 12.9. The van der Waals surface area contributed by atoms with Gasteiger partial charge in [0.15, 0.2) is 0 Å². The molecule has 0 aromatic carbocycles. The van der Waals surface area contributed by atoms with Crippen LogP contribution in [-0.4, -0.2) is 37.1 Å². The molecule has 3 rings (SSSR count). The van der Waals surface area contributed by atoms with E-state index in [9.17, 15) is 0 Å². The number of rotatable bonds is 6. The number of hydrogen-bond acceptors (Lipinski definition) is 2. The van der Waals surface area contributed by atoms with E-state index in [1.54, 1.807) is 0 Å². The van der Waals surface area contributed by atoms with Crippen LogP contribution in [0.5, 0.6) is 0 Å². The fourth-order valence-electron chi connectivity index (χ4n) is 3.59. The van der Waals surface area contributed by atoms with E-state index < -0.39 is 0 Å². The number of nitrogens with zero attached hydrogens (tertiary/aromatic N) is 1. The van der Waals surface area contributed by atoms with Gasteiger partial charge >= 0.3 is 0 Å². The first-order chi connectivity index (χ1) is 8.65. The number of hydrogen-bond donors (Lipinski definition) is 1. The average Bonchev–Trinajstić information content (AvgIpc) is 3.22. The summed E-state index contributed by atoms with van der Waals surface area (Å²) in [7, 11) is 0. The molecule has 0 aromatic rings. The van der Waals surface area contributed by atoms with Crippen LogP contribution in [0.1, 0.15) is 52.4 Å². The van der Waals surface area contributed by atoms with Crippen LogP contribution in [0, 0.1) is 17.3 Å². The normalized spacial score (nSPS) is 29.8. The Morgan fingerprint density at radius 3 is 2.44 bits per heavy atom. The smallest absolute Gasteiger partial charge is 0.00967 e. The zero-order valence-corrected chi connectivity index (χ0v) is 12.3. The summed E-state index contributed by atoms with van der Waals surface area (Å²) in [6.45, 7) is 10.2. The standard InChI is InChI=1S/C16H30N2/c1-16(2,14-4-3-9-17-10-14)12-18(15-7-8-15)11-13-5-6-13/h13-15,17H,3-12H2,1-2H3. The molecule has 0 amide bonds. The van der Waals surface area contributed by atoms with Gasteiger partial charge in [-0.2, -0.15) is 0 Å². The Morgan fingerprint density at radius 1 is 1.11 bits per heavy atom. The number of nitrogens with one attached hydrogen (secondary N) is 1. The van der Waals surface area contributed by atoms with Crippen molar-refractivity contribution in [2.24, 2.45) is 17.3 Å². The maximum atomic E-state index is 3.59. The van der Waals surface area contributed by atoms with Gasteiger partial charge in [-0.25, -0.2) is 0 Å². The van der Waals surface area contributed by atoms with Gasteiger partial charge in [0.05, 0.1) is 0 Å². The minimum Gasteiger partial charge on any atom is -0.316 e. The third kappa shape index (κ3) is 3.27. The van der Waals surface area contributed by atoms with E-state index in [4.69, 9.17) is 0 Å². The second kappa shape index (κ2) is 5.13. The van der Waals surface area contributed by atoms with Crippen LogP contribution in [0.3, 0.4) is 0 Å². The fourth-order valence-corrected chi connectivity index (χ4v) is 3.59. The van der Waals surface area contributed by atoms with Crippen molar-refractivity contribution in [2.45, 2.75) is 58.4 Å². The van der Waals surface area contributed by atoms with Gasteiger partial charge in [-0.3, -0.25) is 4.90 Å². The van der Waals surface area contributed by atoms with Crippen LogP contribution in [0.25, 0.3) is 0 Å². The maximum absolute atomic E-state index is 3.59. The molecule has 2 nitrogen and oxygen atoms in total. The lowest BCUT2D eigenvalue weighted by Gasteiger charge is -2.41. The molecule has 2 saturated carbocycles. The SMILES string of the molecule is CC(C)(CN(CC1CC1)C1CC1)C1CCCNC1. The predicted octanol–water partition coefficient (Wildman–Crippen LogP) is 2.89. The highest BCUT2D eigenvalue weighted by Gasteiger charge is 2.39. The quantitative estimate of drug-likeness (QED) is 0.780. The highest BCUT2D eigenvalue weighted by Crippen LogP contribution is 2.39. The van der Waals surface area contributed by atoms with Crippen molar-refractivity contribution in [3.8, 4) is 0 Å². The molecule has 0 aromatic heterocycles. The summed E-state index contributed by atoms with van der Waals surface area (Å²) >= 11 is 0. The summed E-state index contributed by atoms with van der Waals surface area (Å²) in [6.07, 6.45) is 8.72. The van der Waals surface area contributed by atoms with E-state index in [2.05, 4.69) is 24.1 Å². The van der Waals surface area contributed by atoms with Gasteiger partial charge in [0.25, 0.3) is 0 Å². The predicted molar refractivity (Wildman–Crippen MR) is 76.7 cm³/mol. The molecular formula is C16H30N2. The van der Waals surface area contributed by atoms with E-state index in [1.165, 1.54) is 64.7 Å². The van der Waals surface area contributed by atoms with Gasteiger partial charge in [0.2, 0.25) is 0 Å². The van der Waals surface area contributed by atoms with E-state index in [0.717, 1.165) is 17.9 Å². The molecule has 0 radical (unpaired) electrons. The zero-order chi connectivity index (χ0) is 12.6. The van der Waals surface area contributed by atoms with Crippen molar-refractivity contribution in [2.75, 3.05) is 26.2 Å². The Morgan fingerprint density at radius 2 is 1.89 bits per heavy atom. The first-order valence-corrected chi connectivity index (χ1v) is 8.10. The molecule has 1 heterocycles. The molecule has 1 saturated heterocycles. The monoisotopic (exact) mass is 250 g/mol. The first-order valence-electron chi connectivity index (χ1n) is 8.10. The third-order valence-corrected chi connectivity index (χ3v) is 5.27. The fraction of sp³-hybridized carbons (Fsp3) is 1.00. The van der Waals surface area contributed by atoms with Crippen molar-refractivity contribution >= 4 is 0 Å². The Bertz CT molecular complexity index is 273. The molecule has 0 spiro atoms.